The molecule has 0 saturated carbocycles. The third kappa shape index (κ3) is 2.85. The Bertz CT molecular complexity index is 784. The Morgan fingerprint density at radius 2 is 2.26 bits per heavy atom. The van der Waals surface area contributed by atoms with Gasteiger partial charge in [0, 0.05) is 18.1 Å². The van der Waals surface area contributed by atoms with Crippen LogP contribution in [-0.4, -0.2) is 35.8 Å². The van der Waals surface area contributed by atoms with Gasteiger partial charge in [0.25, 0.3) is 0 Å². The number of anilines is 1. The normalized spacial score (nSPS) is 18.9. The summed E-state index contributed by atoms with van der Waals surface area (Å²) in [6.07, 6.45) is 1.65. The summed E-state index contributed by atoms with van der Waals surface area (Å²) >= 11 is 6.27. The SMILES string of the molecule is C[C@@H]1COCCN1c1cc(C(C)(C)C#N)c2ccnc(Cl)c2n1. The second kappa shape index (κ2) is 5.95. The van der Waals surface area contributed by atoms with Gasteiger partial charge in [-0.25, -0.2) is 9.97 Å². The fraction of sp³-hybridized carbons (Fsp3) is 0.471. The van der Waals surface area contributed by atoms with Crippen molar-refractivity contribution in [1.29, 1.82) is 5.26 Å². The number of rotatable bonds is 2. The Morgan fingerprint density at radius 1 is 1.48 bits per heavy atom. The van der Waals surface area contributed by atoms with Crippen LogP contribution in [0, 0.1) is 11.3 Å². The first-order chi connectivity index (χ1) is 10.9. The van der Waals surface area contributed by atoms with Gasteiger partial charge in [-0.15, -0.1) is 0 Å². The summed E-state index contributed by atoms with van der Waals surface area (Å²) in [4.78, 5) is 11.1. The Kier molecular flexibility index (Phi) is 4.13. The van der Waals surface area contributed by atoms with E-state index in [9.17, 15) is 5.26 Å². The first kappa shape index (κ1) is 16.0. The topological polar surface area (TPSA) is 62.0 Å². The lowest BCUT2D eigenvalue weighted by atomic mass is 9.84. The Labute approximate surface area is 140 Å². The number of aromatic nitrogens is 2. The molecular weight excluding hydrogens is 312 g/mol. The molecule has 1 aliphatic heterocycles. The van der Waals surface area contributed by atoms with Crippen molar-refractivity contribution in [2.45, 2.75) is 32.2 Å². The van der Waals surface area contributed by atoms with E-state index in [1.54, 1.807) is 6.20 Å². The van der Waals surface area contributed by atoms with Crippen LogP contribution in [0.2, 0.25) is 5.15 Å². The molecule has 2 aromatic rings. The van der Waals surface area contributed by atoms with Crippen molar-refractivity contribution in [2.24, 2.45) is 0 Å². The molecule has 0 radical (unpaired) electrons. The first-order valence-corrected chi connectivity index (χ1v) is 8.03. The van der Waals surface area contributed by atoms with E-state index in [1.165, 1.54) is 0 Å². The summed E-state index contributed by atoms with van der Waals surface area (Å²) in [7, 11) is 0. The van der Waals surface area contributed by atoms with E-state index in [4.69, 9.17) is 21.3 Å². The van der Waals surface area contributed by atoms with Crippen LogP contribution >= 0.6 is 11.6 Å². The van der Waals surface area contributed by atoms with E-state index in [0.717, 1.165) is 23.3 Å². The fourth-order valence-electron chi connectivity index (χ4n) is 2.90. The van der Waals surface area contributed by atoms with Gasteiger partial charge >= 0.3 is 0 Å². The molecule has 0 spiro atoms. The molecule has 0 aromatic carbocycles. The molecular formula is C17H19ClN4O. The van der Waals surface area contributed by atoms with Crippen LogP contribution in [0.5, 0.6) is 0 Å². The summed E-state index contributed by atoms with van der Waals surface area (Å²) < 4.78 is 5.50. The third-order valence-electron chi connectivity index (χ3n) is 4.28. The molecule has 0 aliphatic carbocycles. The van der Waals surface area contributed by atoms with Crippen LogP contribution in [0.15, 0.2) is 18.3 Å². The number of morpholine rings is 1. The largest absolute Gasteiger partial charge is 0.377 e. The highest BCUT2D eigenvalue weighted by molar-refractivity contribution is 6.33. The Hall–Kier alpha value is -1.90. The van der Waals surface area contributed by atoms with Crippen molar-refractivity contribution < 1.29 is 4.74 Å². The number of nitriles is 1. The molecule has 3 heterocycles. The van der Waals surface area contributed by atoms with Gasteiger partial charge in [-0.2, -0.15) is 5.26 Å². The molecule has 0 amide bonds. The summed E-state index contributed by atoms with van der Waals surface area (Å²) in [5, 5.41) is 10.8. The maximum absolute atomic E-state index is 9.58. The zero-order valence-corrected chi connectivity index (χ0v) is 14.3. The molecule has 6 heteroatoms. The van der Waals surface area contributed by atoms with Crippen molar-refractivity contribution in [1.82, 2.24) is 9.97 Å². The highest BCUT2D eigenvalue weighted by Crippen LogP contribution is 2.34. The van der Waals surface area contributed by atoms with Gasteiger partial charge in [-0.3, -0.25) is 0 Å². The minimum atomic E-state index is -0.643. The van der Waals surface area contributed by atoms with Crippen molar-refractivity contribution in [3.63, 3.8) is 0 Å². The monoisotopic (exact) mass is 330 g/mol. The van der Waals surface area contributed by atoms with Crippen molar-refractivity contribution in [3.8, 4) is 6.07 Å². The molecule has 1 saturated heterocycles. The zero-order chi connectivity index (χ0) is 16.6. The number of hydrogen-bond acceptors (Lipinski definition) is 5. The van der Waals surface area contributed by atoms with Gasteiger partial charge in [-0.05, 0) is 38.5 Å². The second-order valence-electron chi connectivity index (χ2n) is 6.38. The number of nitrogens with zero attached hydrogens (tertiary/aromatic N) is 4. The predicted octanol–water partition coefficient (Wildman–Crippen LogP) is 3.31. The van der Waals surface area contributed by atoms with Crippen molar-refractivity contribution in [3.05, 3.63) is 29.0 Å². The molecule has 1 atom stereocenters. The van der Waals surface area contributed by atoms with Gasteiger partial charge in [-0.1, -0.05) is 11.6 Å². The van der Waals surface area contributed by atoms with Crippen molar-refractivity contribution >= 4 is 28.3 Å². The van der Waals surface area contributed by atoms with Crippen molar-refractivity contribution in [2.75, 3.05) is 24.7 Å². The maximum atomic E-state index is 9.58. The van der Waals surface area contributed by atoms with E-state index in [2.05, 4.69) is 22.9 Å². The second-order valence-corrected chi connectivity index (χ2v) is 6.74. The number of hydrogen-bond donors (Lipinski definition) is 0. The molecule has 0 N–H and O–H groups in total. The van der Waals surface area contributed by atoms with E-state index in [-0.39, 0.29) is 6.04 Å². The van der Waals surface area contributed by atoms with Crippen LogP contribution in [0.1, 0.15) is 26.3 Å². The molecule has 1 aliphatic rings. The summed E-state index contributed by atoms with van der Waals surface area (Å²) in [5.41, 5.74) is 0.919. The summed E-state index contributed by atoms with van der Waals surface area (Å²) in [5.74, 6) is 0.821. The Balaban J connectivity index is 2.25. The third-order valence-corrected chi connectivity index (χ3v) is 4.56. The first-order valence-electron chi connectivity index (χ1n) is 7.65. The number of fused-ring (bicyclic) bond motifs is 1. The van der Waals surface area contributed by atoms with Gasteiger partial charge in [0.2, 0.25) is 0 Å². The van der Waals surface area contributed by atoms with Crippen LogP contribution in [0.4, 0.5) is 5.82 Å². The lowest BCUT2D eigenvalue weighted by molar-refractivity contribution is 0.0985. The van der Waals surface area contributed by atoms with Crippen LogP contribution in [-0.2, 0) is 10.2 Å². The summed E-state index contributed by atoms with van der Waals surface area (Å²) in [6, 6.07) is 6.47. The quantitative estimate of drug-likeness (QED) is 0.790. The maximum Gasteiger partial charge on any atom is 0.155 e. The van der Waals surface area contributed by atoms with E-state index in [0.29, 0.717) is 23.9 Å². The molecule has 0 bridgehead atoms. The molecule has 0 unspecified atom stereocenters. The van der Waals surface area contributed by atoms with Gasteiger partial charge in [0.05, 0.1) is 30.7 Å². The zero-order valence-electron chi connectivity index (χ0n) is 13.5. The average Bonchev–Trinajstić information content (AvgIpc) is 2.55. The highest BCUT2D eigenvalue weighted by Gasteiger charge is 2.27. The standard InChI is InChI=1S/C17H19ClN4O/c1-11-9-23-7-6-22(11)14-8-13(17(2,3)10-19)12-4-5-20-16(18)15(12)21-14/h4-5,8,11H,6-7,9H2,1-3H3/t11-/m1/s1. The van der Waals surface area contributed by atoms with Gasteiger partial charge < -0.3 is 9.64 Å². The number of pyridine rings is 2. The van der Waals surface area contributed by atoms with Gasteiger partial charge in [0.1, 0.15) is 11.3 Å². The lowest BCUT2D eigenvalue weighted by Gasteiger charge is -2.35. The smallest absolute Gasteiger partial charge is 0.155 e. The van der Waals surface area contributed by atoms with Crippen LogP contribution < -0.4 is 4.90 Å². The highest BCUT2D eigenvalue weighted by atomic mass is 35.5. The molecule has 2 aromatic heterocycles. The Morgan fingerprint density at radius 3 is 2.96 bits per heavy atom. The minimum Gasteiger partial charge on any atom is -0.377 e. The lowest BCUT2D eigenvalue weighted by Crippen LogP contribution is -2.44. The van der Waals surface area contributed by atoms with Crippen LogP contribution in [0.3, 0.4) is 0 Å². The predicted molar refractivity (Wildman–Crippen MR) is 90.8 cm³/mol. The molecule has 5 nitrogen and oxygen atoms in total. The molecule has 1 fully saturated rings. The van der Waals surface area contributed by atoms with Gasteiger partial charge in [0.15, 0.2) is 5.15 Å². The summed E-state index contributed by atoms with van der Waals surface area (Å²) in [6.45, 7) is 8.01. The molecule has 3 rings (SSSR count). The molecule has 120 valence electrons. The average molecular weight is 331 g/mol. The minimum absolute atomic E-state index is 0.224. The van der Waals surface area contributed by atoms with Crippen LogP contribution in [0.25, 0.3) is 10.9 Å². The number of halogens is 1. The molecule has 23 heavy (non-hydrogen) atoms. The van der Waals surface area contributed by atoms with E-state index in [1.807, 2.05) is 26.0 Å². The fourth-order valence-corrected chi connectivity index (χ4v) is 3.10. The van der Waals surface area contributed by atoms with E-state index < -0.39 is 5.41 Å². The number of ether oxygens (including phenoxy) is 1. The van der Waals surface area contributed by atoms with E-state index >= 15 is 0 Å².